The van der Waals surface area contributed by atoms with Crippen molar-refractivity contribution < 1.29 is 4.74 Å². The molecule has 4 nitrogen and oxygen atoms in total. The first-order valence-corrected chi connectivity index (χ1v) is 6.43. The molecule has 1 heterocycles. The normalized spacial score (nSPS) is 10.4. The first kappa shape index (κ1) is 12.4. The minimum atomic E-state index is 0.650. The summed E-state index contributed by atoms with van der Waals surface area (Å²) < 4.78 is 5.14. The molecule has 2 aromatic carbocycles. The molecule has 20 heavy (non-hydrogen) atoms. The monoisotopic (exact) mass is 265 g/mol. The fourth-order valence-electron chi connectivity index (χ4n) is 2.01. The van der Waals surface area contributed by atoms with Gasteiger partial charge in [-0.15, -0.1) is 0 Å². The lowest BCUT2D eigenvalue weighted by molar-refractivity contribution is 0.414. The number of aromatic nitrogens is 3. The number of methoxy groups -OCH3 is 1. The average molecular weight is 265 g/mol. The van der Waals surface area contributed by atoms with Gasteiger partial charge in [0.1, 0.15) is 11.4 Å². The highest BCUT2D eigenvalue weighted by atomic mass is 16.5. The number of rotatable bonds is 4. The molecule has 0 aliphatic carbocycles. The summed E-state index contributed by atoms with van der Waals surface area (Å²) in [6.07, 6.45) is 1.79. The standard InChI is InChI=1S/C16H15N3O/c1-20-15-9-7-13(8-10-15)12-19-17-11-16(18-19)14-5-3-2-4-6-14/h2-11H,12H2,1H3. The number of hydrogen-bond acceptors (Lipinski definition) is 3. The molecule has 0 fully saturated rings. The van der Waals surface area contributed by atoms with E-state index in [-0.39, 0.29) is 0 Å². The molecule has 0 saturated heterocycles. The van der Waals surface area contributed by atoms with Crippen molar-refractivity contribution in [2.75, 3.05) is 7.11 Å². The molecule has 3 rings (SSSR count). The lowest BCUT2D eigenvalue weighted by Crippen LogP contribution is -2.03. The minimum absolute atomic E-state index is 0.650. The van der Waals surface area contributed by atoms with E-state index in [2.05, 4.69) is 10.2 Å². The SMILES string of the molecule is COc1ccc(Cn2ncc(-c3ccccc3)n2)cc1. The zero-order chi connectivity index (χ0) is 13.8. The Kier molecular flexibility index (Phi) is 3.46. The summed E-state index contributed by atoms with van der Waals surface area (Å²) in [5, 5.41) is 8.80. The molecule has 1 aromatic heterocycles. The van der Waals surface area contributed by atoms with Crippen LogP contribution >= 0.6 is 0 Å². The van der Waals surface area contributed by atoms with Gasteiger partial charge >= 0.3 is 0 Å². The van der Waals surface area contributed by atoms with Crippen LogP contribution in [0, 0.1) is 0 Å². The van der Waals surface area contributed by atoms with Crippen LogP contribution in [0.1, 0.15) is 5.56 Å². The zero-order valence-corrected chi connectivity index (χ0v) is 11.2. The van der Waals surface area contributed by atoms with Crippen LogP contribution in [0.2, 0.25) is 0 Å². The predicted octanol–water partition coefficient (Wildman–Crippen LogP) is 3.00. The maximum atomic E-state index is 5.14. The average Bonchev–Trinajstić information content (AvgIpc) is 2.97. The van der Waals surface area contributed by atoms with Crippen LogP contribution < -0.4 is 4.74 Å². The van der Waals surface area contributed by atoms with Crippen molar-refractivity contribution in [3.63, 3.8) is 0 Å². The van der Waals surface area contributed by atoms with Crippen molar-refractivity contribution >= 4 is 0 Å². The summed E-state index contributed by atoms with van der Waals surface area (Å²) in [5.74, 6) is 0.854. The van der Waals surface area contributed by atoms with Crippen LogP contribution in [0.5, 0.6) is 5.75 Å². The second kappa shape index (κ2) is 5.57. The Hall–Kier alpha value is -2.62. The van der Waals surface area contributed by atoms with E-state index >= 15 is 0 Å². The van der Waals surface area contributed by atoms with E-state index in [1.165, 1.54) is 0 Å². The second-order valence-corrected chi connectivity index (χ2v) is 4.47. The summed E-state index contributed by atoms with van der Waals surface area (Å²) in [7, 11) is 1.66. The summed E-state index contributed by atoms with van der Waals surface area (Å²) >= 11 is 0. The fraction of sp³-hybridized carbons (Fsp3) is 0.125. The Morgan fingerprint density at radius 1 is 1.00 bits per heavy atom. The summed E-state index contributed by atoms with van der Waals surface area (Å²) in [6, 6.07) is 18.0. The Bertz CT molecular complexity index is 674. The lowest BCUT2D eigenvalue weighted by Gasteiger charge is -2.02. The number of benzene rings is 2. The van der Waals surface area contributed by atoms with Gasteiger partial charge in [-0.3, -0.25) is 0 Å². The van der Waals surface area contributed by atoms with Crippen LogP contribution in [0.25, 0.3) is 11.3 Å². The predicted molar refractivity (Wildman–Crippen MR) is 77.6 cm³/mol. The maximum absolute atomic E-state index is 5.14. The first-order valence-electron chi connectivity index (χ1n) is 6.43. The van der Waals surface area contributed by atoms with E-state index in [0.717, 1.165) is 22.6 Å². The maximum Gasteiger partial charge on any atom is 0.118 e. The van der Waals surface area contributed by atoms with Gasteiger partial charge in [0.05, 0.1) is 19.9 Å². The van der Waals surface area contributed by atoms with Gasteiger partial charge in [0, 0.05) is 5.56 Å². The number of nitrogens with zero attached hydrogens (tertiary/aromatic N) is 3. The van der Waals surface area contributed by atoms with Crippen molar-refractivity contribution in [1.29, 1.82) is 0 Å². The Labute approximate surface area is 117 Å². The highest BCUT2D eigenvalue weighted by molar-refractivity contribution is 5.56. The van der Waals surface area contributed by atoms with Crippen LogP contribution in [-0.2, 0) is 6.54 Å². The van der Waals surface area contributed by atoms with Crippen molar-refractivity contribution in [2.45, 2.75) is 6.54 Å². The molecule has 0 aliphatic rings. The van der Waals surface area contributed by atoms with Crippen molar-refractivity contribution in [3.8, 4) is 17.0 Å². The molecule has 0 unspecified atom stereocenters. The fourth-order valence-corrected chi connectivity index (χ4v) is 2.01. The highest BCUT2D eigenvalue weighted by Gasteiger charge is 2.03. The van der Waals surface area contributed by atoms with E-state index < -0.39 is 0 Å². The summed E-state index contributed by atoms with van der Waals surface area (Å²) in [4.78, 5) is 1.70. The van der Waals surface area contributed by atoms with Crippen LogP contribution in [0.3, 0.4) is 0 Å². The van der Waals surface area contributed by atoms with Crippen LogP contribution in [0.4, 0.5) is 0 Å². The molecule has 0 N–H and O–H groups in total. The van der Waals surface area contributed by atoms with Gasteiger partial charge in [0.25, 0.3) is 0 Å². The lowest BCUT2D eigenvalue weighted by atomic mass is 10.2. The number of hydrogen-bond donors (Lipinski definition) is 0. The molecule has 0 amide bonds. The highest BCUT2D eigenvalue weighted by Crippen LogP contribution is 2.16. The molecule has 100 valence electrons. The van der Waals surface area contributed by atoms with Crippen LogP contribution in [0.15, 0.2) is 60.8 Å². The van der Waals surface area contributed by atoms with Crippen molar-refractivity contribution in [3.05, 3.63) is 66.4 Å². The van der Waals surface area contributed by atoms with Crippen LogP contribution in [-0.4, -0.2) is 22.1 Å². The molecular formula is C16H15N3O. The Balaban J connectivity index is 1.77. The van der Waals surface area contributed by atoms with Gasteiger partial charge in [-0.2, -0.15) is 15.0 Å². The molecule has 0 radical (unpaired) electrons. The van der Waals surface area contributed by atoms with Crippen molar-refractivity contribution in [2.24, 2.45) is 0 Å². The molecule has 0 bridgehead atoms. The third-order valence-corrected chi connectivity index (χ3v) is 3.09. The molecule has 4 heteroatoms. The van der Waals surface area contributed by atoms with Gasteiger partial charge in [-0.05, 0) is 17.7 Å². The van der Waals surface area contributed by atoms with E-state index in [0.29, 0.717) is 6.54 Å². The van der Waals surface area contributed by atoms with E-state index in [1.54, 1.807) is 18.1 Å². The molecule has 0 aliphatic heterocycles. The third-order valence-electron chi connectivity index (χ3n) is 3.09. The van der Waals surface area contributed by atoms with E-state index in [1.807, 2.05) is 54.6 Å². The largest absolute Gasteiger partial charge is 0.497 e. The van der Waals surface area contributed by atoms with Gasteiger partial charge in [0.15, 0.2) is 0 Å². The molecule has 0 spiro atoms. The quantitative estimate of drug-likeness (QED) is 0.728. The van der Waals surface area contributed by atoms with Crippen molar-refractivity contribution in [1.82, 2.24) is 15.0 Å². The zero-order valence-electron chi connectivity index (χ0n) is 11.2. The van der Waals surface area contributed by atoms with Gasteiger partial charge in [-0.1, -0.05) is 42.5 Å². The molecule has 0 atom stereocenters. The Morgan fingerprint density at radius 3 is 2.45 bits per heavy atom. The second-order valence-electron chi connectivity index (χ2n) is 4.47. The Morgan fingerprint density at radius 2 is 1.75 bits per heavy atom. The molecular weight excluding hydrogens is 250 g/mol. The smallest absolute Gasteiger partial charge is 0.118 e. The van der Waals surface area contributed by atoms with Gasteiger partial charge in [-0.25, -0.2) is 0 Å². The summed E-state index contributed by atoms with van der Waals surface area (Å²) in [5.41, 5.74) is 3.11. The van der Waals surface area contributed by atoms with Gasteiger partial charge in [0.2, 0.25) is 0 Å². The first-order chi connectivity index (χ1) is 9.85. The molecule has 3 aromatic rings. The topological polar surface area (TPSA) is 39.9 Å². The summed E-state index contributed by atoms with van der Waals surface area (Å²) in [6.45, 7) is 0.650. The number of ether oxygens (including phenoxy) is 1. The minimum Gasteiger partial charge on any atom is -0.497 e. The molecule has 0 saturated carbocycles. The van der Waals surface area contributed by atoms with E-state index in [9.17, 15) is 0 Å². The van der Waals surface area contributed by atoms with E-state index in [4.69, 9.17) is 4.74 Å². The third kappa shape index (κ3) is 2.69. The van der Waals surface area contributed by atoms with Gasteiger partial charge < -0.3 is 4.74 Å².